The molecular weight excluding hydrogens is 304 g/mol. The van der Waals surface area contributed by atoms with Crippen LogP contribution in [0.25, 0.3) is 10.9 Å². The van der Waals surface area contributed by atoms with Crippen LogP contribution in [-0.4, -0.2) is 11.5 Å². The van der Waals surface area contributed by atoms with Gasteiger partial charge >= 0.3 is 0 Å². The van der Waals surface area contributed by atoms with E-state index in [1.807, 2.05) is 12.1 Å². The summed E-state index contributed by atoms with van der Waals surface area (Å²) in [6.45, 7) is 0.919. The molecule has 3 aromatic rings. The van der Waals surface area contributed by atoms with E-state index in [4.69, 9.17) is 16.6 Å². The fourth-order valence-corrected chi connectivity index (χ4v) is 3.52. The minimum atomic E-state index is 0.791. The number of aromatic nitrogens is 1. The molecule has 0 saturated carbocycles. The van der Waals surface area contributed by atoms with Crippen molar-refractivity contribution in [3.63, 3.8) is 0 Å². The molecular formula is C20H19ClN2. The van der Waals surface area contributed by atoms with Gasteiger partial charge in [-0.25, -0.2) is 0 Å². The van der Waals surface area contributed by atoms with E-state index in [2.05, 4.69) is 41.7 Å². The Morgan fingerprint density at radius 2 is 1.83 bits per heavy atom. The lowest BCUT2D eigenvalue weighted by Crippen LogP contribution is -2.08. The highest BCUT2D eigenvalue weighted by Gasteiger charge is 2.19. The smallest absolute Gasteiger partial charge is 0.0726 e. The van der Waals surface area contributed by atoms with E-state index in [-0.39, 0.29) is 0 Å². The number of anilines is 1. The number of hydrogen-bond donors (Lipinski definition) is 1. The van der Waals surface area contributed by atoms with E-state index in [0.717, 1.165) is 36.3 Å². The fraction of sp³-hybridized carbons (Fsp3) is 0.250. The molecule has 2 nitrogen and oxygen atoms in total. The Balaban J connectivity index is 1.59. The van der Waals surface area contributed by atoms with Crippen LogP contribution in [0.2, 0.25) is 5.02 Å². The van der Waals surface area contributed by atoms with Gasteiger partial charge in [-0.05, 0) is 55.0 Å². The van der Waals surface area contributed by atoms with Gasteiger partial charge in [-0.3, -0.25) is 4.98 Å². The highest BCUT2D eigenvalue weighted by molar-refractivity contribution is 6.30. The van der Waals surface area contributed by atoms with E-state index in [1.165, 1.54) is 34.3 Å². The van der Waals surface area contributed by atoms with Crippen molar-refractivity contribution in [2.75, 3.05) is 11.9 Å². The third-order valence-corrected chi connectivity index (χ3v) is 4.80. The average molecular weight is 323 g/mol. The molecule has 0 bridgehead atoms. The van der Waals surface area contributed by atoms with Crippen LogP contribution in [0.3, 0.4) is 0 Å². The van der Waals surface area contributed by atoms with Gasteiger partial charge < -0.3 is 5.32 Å². The zero-order chi connectivity index (χ0) is 15.6. The van der Waals surface area contributed by atoms with E-state index < -0.39 is 0 Å². The van der Waals surface area contributed by atoms with Gasteiger partial charge in [0.25, 0.3) is 0 Å². The maximum atomic E-state index is 5.95. The molecule has 1 N–H and O–H groups in total. The predicted molar refractivity (Wildman–Crippen MR) is 97.4 cm³/mol. The van der Waals surface area contributed by atoms with E-state index in [9.17, 15) is 0 Å². The molecule has 1 aliphatic rings. The van der Waals surface area contributed by atoms with Gasteiger partial charge in [0.2, 0.25) is 0 Å². The first-order valence-corrected chi connectivity index (χ1v) is 8.58. The van der Waals surface area contributed by atoms with E-state index >= 15 is 0 Å². The highest BCUT2D eigenvalue weighted by Crippen LogP contribution is 2.33. The van der Waals surface area contributed by atoms with Crippen molar-refractivity contribution in [2.24, 2.45) is 0 Å². The number of rotatable bonds is 4. The maximum absolute atomic E-state index is 5.95. The normalized spacial score (nSPS) is 13.3. The lowest BCUT2D eigenvalue weighted by atomic mass is 10.1. The molecule has 0 unspecified atom stereocenters. The summed E-state index contributed by atoms with van der Waals surface area (Å²) in [6, 6.07) is 16.5. The van der Waals surface area contributed by atoms with Crippen LogP contribution in [0.15, 0.2) is 48.5 Å². The van der Waals surface area contributed by atoms with Crippen molar-refractivity contribution < 1.29 is 0 Å². The maximum Gasteiger partial charge on any atom is 0.0726 e. The number of pyridine rings is 1. The van der Waals surface area contributed by atoms with Gasteiger partial charge in [0.05, 0.1) is 5.52 Å². The molecule has 23 heavy (non-hydrogen) atoms. The molecule has 1 aliphatic carbocycles. The topological polar surface area (TPSA) is 24.9 Å². The van der Waals surface area contributed by atoms with E-state index in [1.54, 1.807) is 0 Å². The molecule has 1 heterocycles. The molecule has 1 aromatic heterocycles. The van der Waals surface area contributed by atoms with Crippen molar-refractivity contribution >= 4 is 28.2 Å². The summed E-state index contributed by atoms with van der Waals surface area (Å²) in [4.78, 5) is 4.84. The summed E-state index contributed by atoms with van der Waals surface area (Å²) in [5, 5.41) is 5.71. The number of nitrogens with one attached hydrogen (secondary N) is 1. The Hall–Kier alpha value is -2.06. The fourth-order valence-electron chi connectivity index (χ4n) is 3.40. The van der Waals surface area contributed by atoms with Crippen LogP contribution in [0.4, 0.5) is 5.69 Å². The number of halogens is 1. The van der Waals surface area contributed by atoms with Crippen molar-refractivity contribution in [3.05, 3.63) is 70.4 Å². The first-order chi connectivity index (χ1) is 11.3. The molecule has 3 heteroatoms. The lowest BCUT2D eigenvalue weighted by Gasteiger charge is -2.14. The van der Waals surface area contributed by atoms with Crippen molar-refractivity contribution in [1.29, 1.82) is 0 Å². The monoisotopic (exact) mass is 322 g/mol. The third-order valence-electron chi connectivity index (χ3n) is 4.55. The summed E-state index contributed by atoms with van der Waals surface area (Å²) < 4.78 is 0. The molecule has 0 radical (unpaired) electrons. The quantitative estimate of drug-likeness (QED) is 0.728. The number of nitrogens with zero attached hydrogens (tertiary/aromatic N) is 1. The minimum absolute atomic E-state index is 0.791. The average Bonchev–Trinajstić information content (AvgIpc) is 3.04. The summed E-state index contributed by atoms with van der Waals surface area (Å²) in [7, 11) is 0. The number of fused-ring (bicyclic) bond motifs is 2. The molecule has 0 fully saturated rings. The molecule has 0 spiro atoms. The first-order valence-electron chi connectivity index (χ1n) is 8.20. The number of hydrogen-bond acceptors (Lipinski definition) is 2. The Bertz CT molecular complexity index is 840. The van der Waals surface area contributed by atoms with Crippen LogP contribution in [-0.2, 0) is 19.3 Å². The van der Waals surface area contributed by atoms with Crippen molar-refractivity contribution in [2.45, 2.75) is 25.7 Å². The Labute approximate surface area is 141 Å². The highest BCUT2D eigenvalue weighted by atomic mass is 35.5. The SMILES string of the molecule is Clc1ccc(CCNc2c3c(nc4ccccc24)CCC3)cc1. The van der Waals surface area contributed by atoms with E-state index in [0.29, 0.717) is 0 Å². The van der Waals surface area contributed by atoms with Gasteiger partial charge in [0.1, 0.15) is 0 Å². The lowest BCUT2D eigenvalue weighted by molar-refractivity contribution is 0.900. The molecule has 0 atom stereocenters. The largest absolute Gasteiger partial charge is 0.384 e. The summed E-state index contributed by atoms with van der Waals surface area (Å²) >= 11 is 5.95. The summed E-state index contributed by atoms with van der Waals surface area (Å²) in [5.74, 6) is 0. The first kappa shape index (κ1) is 14.5. The Morgan fingerprint density at radius 1 is 1.00 bits per heavy atom. The van der Waals surface area contributed by atoms with Crippen LogP contribution in [0.1, 0.15) is 23.2 Å². The minimum Gasteiger partial charge on any atom is -0.384 e. The van der Waals surface area contributed by atoms with Gasteiger partial charge in [0.15, 0.2) is 0 Å². The number of benzene rings is 2. The Kier molecular flexibility index (Phi) is 3.92. The molecule has 2 aromatic carbocycles. The van der Waals surface area contributed by atoms with Crippen molar-refractivity contribution in [3.8, 4) is 0 Å². The number of para-hydroxylation sites is 1. The molecule has 0 aliphatic heterocycles. The summed E-state index contributed by atoms with van der Waals surface area (Å²) in [5.41, 5.74) is 6.38. The standard InChI is InChI=1S/C20H19ClN2/c21-15-10-8-14(9-11-15)12-13-22-20-16-4-1-2-6-18(16)23-19-7-3-5-17(19)20/h1-2,4,6,8-11H,3,5,7,12-13H2,(H,22,23). The van der Waals surface area contributed by atoms with Gasteiger partial charge in [-0.2, -0.15) is 0 Å². The second-order valence-corrected chi connectivity index (χ2v) is 6.52. The van der Waals surface area contributed by atoms with Crippen LogP contribution in [0, 0.1) is 0 Å². The second kappa shape index (κ2) is 6.21. The van der Waals surface area contributed by atoms with Crippen LogP contribution >= 0.6 is 11.6 Å². The molecule has 4 rings (SSSR count). The van der Waals surface area contributed by atoms with Gasteiger partial charge in [0, 0.05) is 28.3 Å². The molecule has 116 valence electrons. The Morgan fingerprint density at radius 3 is 2.70 bits per heavy atom. The van der Waals surface area contributed by atoms with Crippen LogP contribution in [0.5, 0.6) is 0 Å². The number of aryl methyl sites for hydroxylation is 1. The van der Waals surface area contributed by atoms with Crippen molar-refractivity contribution in [1.82, 2.24) is 4.98 Å². The van der Waals surface area contributed by atoms with Crippen LogP contribution < -0.4 is 5.32 Å². The molecule has 0 saturated heterocycles. The zero-order valence-electron chi connectivity index (χ0n) is 13.0. The summed E-state index contributed by atoms with van der Waals surface area (Å²) in [6.07, 6.45) is 4.44. The third kappa shape index (κ3) is 2.91. The van der Waals surface area contributed by atoms with Gasteiger partial charge in [-0.1, -0.05) is 41.9 Å². The molecule has 0 amide bonds. The zero-order valence-corrected chi connectivity index (χ0v) is 13.7. The van der Waals surface area contributed by atoms with Gasteiger partial charge in [-0.15, -0.1) is 0 Å². The predicted octanol–water partition coefficient (Wildman–Crippen LogP) is 5.03. The second-order valence-electron chi connectivity index (χ2n) is 6.09.